The zero-order valence-electron chi connectivity index (χ0n) is 10.9. The summed E-state index contributed by atoms with van der Waals surface area (Å²) in [7, 11) is 0. The molecule has 2 fully saturated rings. The second kappa shape index (κ2) is 4.77. The molecule has 0 bridgehead atoms. The summed E-state index contributed by atoms with van der Waals surface area (Å²) < 4.78 is 0. The molecule has 2 N–H and O–H groups in total. The fraction of sp³-hybridized carbons (Fsp3) is 0.500. The third-order valence-electron chi connectivity index (χ3n) is 4.43. The van der Waals surface area contributed by atoms with E-state index in [1.54, 1.807) is 0 Å². The average Bonchev–Trinajstić information content (AvgIpc) is 2.97. The molecule has 1 aliphatic heterocycles. The molecule has 0 aromatic carbocycles. The van der Waals surface area contributed by atoms with Crippen LogP contribution in [-0.2, 0) is 4.79 Å². The van der Waals surface area contributed by atoms with Gasteiger partial charge in [0.2, 0.25) is 0 Å². The first kappa shape index (κ1) is 12.9. The predicted octanol–water partition coefficient (Wildman–Crippen LogP) is 1.11. The highest BCUT2D eigenvalue weighted by Gasteiger charge is 2.49. The number of aromatic nitrogens is 1. The van der Waals surface area contributed by atoms with Crippen molar-refractivity contribution in [2.75, 3.05) is 6.54 Å². The number of nitrogens with zero attached hydrogens (tertiary/aromatic N) is 2. The van der Waals surface area contributed by atoms with Crippen LogP contribution in [0.15, 0.2) is 18.5 Å². The minimum absolute atomic E-state index is 0.0421. The van der Waals surface area contributed by atoms with Crippen LogP contribution in [0, 0.1) is 11.8 Å². The van der Waals surface area contributed by atoms with Gasteiger partial charge in [0.25, 0.3) is 5.91 Å². The zero-order chi connectivity index (χ0) is 14.3. The molecule has 2 aliphatic rings. The average molecular weight is 276 g/mol. The number of rotatable bonds is 2. The monoisotopic (exact) mass is 276 g/mol. The Morgan fingerprint density at radius 1 is 1.35 bits per heavy atom. The van der Waals surface area contributed by atoms with Crippen LogP contribution < -0.4 is 0 Å². The van der Waals surface area contributed by atoms with Gasteiger partial charge >= 0.3 is 5.97 Å². The molecule has 3 rings (SSSR count). The maximum atomic E-state index is 12.5. The van der Waals surface area contributed by atoms with E-state index in [0.717, 1.165) is 19.3 Å². The van der Waals surface area contributed by atoms with Gasteiger partial charge in [-0.2, -0.15) is 0 Å². The zero-order valence-corrected chi connectivity index (χ0v) is 10.9. The summed E-state index contributed by atoms with van der Waals surface area (Å²) in [5, 5.41) is 19.1. The first-order valence-corrected chi connectivity index (χ1v) is 6.76. The molecular formula is C14H16N2O4. The van der Waals surface area contributed by atoms with Crippen LogP contribution in [0.2, 0.25) is 0 Å². The number of pyridine rings is 1. The lowest BCUT2D eigenvalue weighted by atomic mass is 9.94. The summed E-state index contributed by atoms with van der Waals surface area (Å²) in [5.74, 6) is -1.28. The number of carbonyl (C=O) groups excluding carboxylic acids is 1. The number of likely N-dealkylation sites (tertiary alicyclic amines) is 1. The fourth-order valence-electron chi connectivity index (χ4n) is 3.55. The number of aliphatic carboxylic acids is 1. The number of carboxylic acids is 1. The van der Waals surface area contributed by atoms with E-state index >= 15 is 0 Å². The van der Waals surface area contributed by atoms with Gasteiger partial charge in [-0.15, -0.1) is 0 Å². The van der Waals surface area contributed by atoms with E-state index in [-0.39, 0.29) is 23.1 Å². The number of hydrogen-bond donors (Lipinski definition) is 2. The van der Waals surface area contributed by atoms with Crippen molar-refractivity contribution in [3.05, 3.63) is 24.0 Å². The molecule has 2 heterocycles. The Hall–Kier alpha value is -2.11. The molecule has 3 unspecified atom stereocenters. The van der Waals surface area contributed by atoms with Crippen LogP contribution in [0.25, 0.3) is 0 Å². The summed E-state index contributed by atoms with van der Waals surface area (Å²) in [6.45, 7) is 0.461. The Morgan fingerprint density at radius 3 is 2.85 bits per heavy atom. The number of carboxylic acid groups (broad SMARTS) is 1. The van der Waals surface area contributed by atoms with Crippen LogP contribution >= 0.6 is 0 Å². The Morgan fingerprint density at radius 2 is 2.15 bits per heavy atom. The van der Waals surface area contributed by atoms with Gasteiger partial charge in [0.05, 0.1) is 11.8 Å². The van der Waals surface area contributed by atoms with E-state index in [0.29, 0.717) is 6.54 Å². The van der Waals surface area contributed by atoms with E-state index in [1.807, 2.05) is 0 Å². The van der Waals surface area contributed by atoms with Crippen LogP contribution in [0.3, 0.4) is 0 Å². The molecule has 1 saturated heterocycles. The van der Waals surface area contributed by atoms with Gasteiger partial charge in [-0.3, -0.25) is 9.78 Å². The van der Waals surface area contributed by atoms with Gasteiger partial charge in [0, 0.05) is 12.7 Å². The summed E-state index contributed by atoms with van der Waals surface area (Å²) in [4.78, 5) is 29.1. The SMILES string of the molecule is O=C(O)C1C2CCCC2CN1C(=O)c1ccncc1O. The molecule has 3 atom stereocenters. The maximum absolute atomic E-state index is 12.5. The molecule has 1 amide bonds. The first-order chi connectivity index (χ1) is 9.59. The van der Waals surface area contributed by atoms with Crippen LogP contribution in [-0.4, -0.2) is 44.6 Å². The van der Waals surface area contributed by atoms with Gasteiger partial charge in [0.1, 0.15) is 11.8 Å². The largest absolute Gasteiger partial charge is 0.505 e. The molecule has 20 heavy (non-hydrogen) atoms. The lowest BCUT2D eigenvalue weighted by molar-refractivity contribution is -0.142. The second-order valence-corrected chi connectivity index (χ2v) is 5.49. The summed E-state index contributed by atoms with van der Waals surface area (Å²) >= 11 is 0. The van der Waals surface area contributed by atoms with E-state index in [1.165, 1.54) is 23.4 Å². The molecule has 106 valence electrons. The van der Waals surface area contributed by atoms with Gasteiger partial charge in [-0.1, -0.05) is 6.42 Å². The van der Waals surface area contributed by atoms with Crippen molar-refractivity contribution in [3.8, 4) is 5.75 Å². The smallest absolute Gasteiger partial charge is 0.326 e. The predicted molar refractivity (Wildman–Crippen MR) is 69.2 cm³/mol. The molecule has 1 aromatic rings. The topological polar surface area (TPSA) is 90.7 Å². The lowest BCUT2D eigenvalue weighted by Gasteiger charge is -2.24. The highest BCUT2D eigenvalue weighted by molar-refractivity contribution is 5.99. The van der Waals surface area contributed by atoms with Gasteiger partial charge in [-0.05, 0) is 30.7 Å². The quantitative estimate of drug-likeness (QED) is 0.844. The molecule has 0 spiro atoms. The molecule has 0 radical (unpaired) electrons. The fourth-order valence-corrected chi connectivity index (χ4v) is 3.55. The standard InChI is InChI=1S/C14H16N2O4/c17-11-6-15-5-4-10(11)13(18)16-7-8-2-1-3-9(8)12(16)14(19)20/h4-6,8-9,12,17H,1-3,7H2,(H,19,20). The van der Waals surface area contributed by atoms with Crippen molar-refractivity contribution in [2.24, 2.45) is 11.8 Å². The minimum atomic E-state index is -0.957. The molecule has 1 aliphatic carbocycles. The normalized spacial score (nSPS) is 28.4. The van der Waals surface area contributed by atoms with Crippen LogP contribution in [0.5, 0.6) is 5.75 Å². The van der Waals surface area contributed by atoms with Crippen molar-refractivity contribution in [1.82, 2.24) is 9.88 Å². The van der Waals surface area contributed by atoms with Crippen molar-refractivity contribution in [3.63, 3.8) is 0 Å². The van der Waals surface area contributed by atoms with Gasteiger partial charge in [0.15, 0.2) is 0 Å². The number of carbonyl (C=O) groups is 2. The molecule has 6 heteroatoms. The number of amides is 1. The molecular weight excluding hydrogens is 260 g/mol. The van der Waals surface area contributed by atoms with E-state index in [2.05, 4.69) is 4.98 Å². The second-order valence-electron chi connectivity index (χ2n) is 5.49. The summed E-state index contributed by atoms with van der Waals surface area (Å²) in [6.07, 6.45) is 5.47. The highest BCUT2D eigenvalue weighted by atomic mass is 16.4. The summed E-state index contributed by atoms with van der Waals surface area (Å²) in [6, 6.07) is 0.646. The molecule has 6 nitrogen and oxygen atoms in total. The van der Waals surface area contributed by atoms with E-state index < -0.39 is 17.9 Å². The third-order valence-corrected chi connectivity index (χ3v) is 4.43. The van der Waals surface area contributed by atoms with Crippen molar-refractivity contribution >= 4 is 11.9 Å². The number of aromatic hydroxyl groups is 1. The first-order valence-electron chi connectivity index (χ1n) is 6.76. The number of fused-ring (bicyclic) bond motifs is 1. The Kier molecular flexibility index (Phi) is 3.08. The summed E-state index contributed by atoms with van der Waals surface area (Å²) in [5.41, 5.74) is 0.117. The Bertz CT molecular complexity index is 560. The van der Waals surface area contributed by atoms with Crippen molar-refractivity contribution in [1.29, 1.82) is 0 Å². The van der Waals surface area contributed by atoms with E-state index in [9.17, 15) is 19.8 Å². The van der Waals surface area contributed by atoms with Gasteiger partial charge < -0.3 is 15.1 Å². The number of hydrogen-bond acceptors (Lipinski definition) is 4. The molecule has 1 saturated carbocycles. The van der Waals surface area contributed by atoms with Crippen molar-refractivity contribution in [2.45, 2.75) is 25.3 Å². The maximum Gasteiger partial charge on any atom is 0.326 e. The highest BCUT2D eigenvalue weighted by Crippen LogP contribution is 2.43. The van der Waals surface area contributed by atoms with Crippen LogP contribution in [0.1, 0.15) is 29.6 Å². The minimum Gasteiger partial charge on any atom is -0.505 e. The van der Waals surface area contributed by atoms with Crippen LogP contribution in [0.4, 0.5) is 0 Å². The Balaban J connectivity index is 1.91. The van der Waals surface area contributed by atoms with Gasteiger partial charge in [-0.25, -0.2) is 4.79 Å². The van der Waals surface area contributed by atoms with Crippen molar-refractivity contribution < 1.29 is 19.8 Å². The molecule has 1 aromatic heterocycles. The van der Waals surface area contributed by atoms with E-state index in [4.69, 9.17) is 0 Å². The lowest BCUT2D eigenvalue weighted by Crippen LogP contribution is -2.43. The Labute approximate surface area is 116 Å². The third kappa shape index (κ3) is 1.92.